The van der Waals surface area contributed by atoms with Gasteiger partial charge in [0.1, 0.15) is 0 Å². The Morgan fingerprint density at radius 3 is 2.42 bits per heavy atom. The van der Waals surface area contributed by atoms with E-state index in [1.54, 1.807) is 24.5 Å². The molecule has 0 bridgehead atoms. The zero-order chi connectivity index (χ0) is 23.1. The minimum Gasteiger partial charge on any atom is -0.505 e. The summed E-state index contributed by atoms with van der Waals surface area (Å²) in [7, 11) is 0. The summed E-state index contributed by atoms with van der Waals surface area (Å²) in [6, 6.07) is 12.8. The van der Waals surface area contributed by atoms with Crippen molar-refractivity contribution in [1.29, 1.82) is 0 Å². The average molecular weight is 479 g/mol. The zero-order valence-electron chi connectivity index (χ0n) is 17.5. The first kappa shape index (κ1) is 21.6. The smallest absolute Gasteiger partial charge is 0.169 e. The Labute approximate surface area is 200 Å². The van der Waals surface area contributed by atoms with Crippen LogP contribution in [0.3, 0.4) is 0 Å². The predicted molar refractivity (Wildman–Crippen MR) is 131 cm³/mol. The Morgan fingerprint density at radius 2 is 1.79 bits per heavy atom. The number of phenols is 1. The number of hydrogen-bond acceptors (Lipinski definition) is 6. The Morgan fingerprint density at radius 1 is 1.03 bits per heavy atom. The number of Topliss-reactive ketones (excluding diaryl/α,β-unsaturated/α-hetero) is 1. The second kappa shape index (κ2) is 8.63. The molecule has 166 valence electrons. The molecular formula is C25H20Cl2N4O2. The Balaban J connectivity index is 1.67. The van der Waals surface area contributed by atoms with E-state index in [-0.39, 0.29) is 27.5 Å². The first-order valence-corrected chi connectivity index (χ1v) is 11.3. The van der Waals surface area contributed by atoms with Crippen LogP contribution in [0.5, 0.6) is 5.75 Å². The molecule has 2 aromatic heterocycles. The van der Waals surface area contributed by atoms with E-state index in [0.29, 0.717) is 17.8 Å². The van der Waals surface area contributed by atoms with Gasteiger partial charge in [-0.15, -0.1) is 0 Å². The minimum atomic E-state index is -0.155. The number of carbonyl (C=O) groups excluding carboxylic acids is 1. The SMILES string of the molecule is NCc1ccc(Nc2c(C(=O)C3CC3)cnc3ccc(-c4cc(Cl)c(O)c(Cl)c4)cc23)cn1. The van der Waals surface area contributed by atoms with Gasteiger partial charge in [0.05, 0.1) is 44.4 Å². The molecule has 2 heterocycles. The van der Waals surface area contributed by atoms with Crippen molar-refractivity contribution in [2.75, 3.05) is 5.32 Å². The van der Waals surface area contributed by atoms with Gasteiger partial charge in [-0.2, -0.15) is 0 Å². The zero-order valence-corrected chi connectivity index (χ0v) is 19.0. The highest BCUT2D eigenvalue weighted by Gasteiger charge is 2.32. The number of phenolic OH excluding ortho intramolecular Hbond substituents is 1. The number of nitrogens with one attached hydrogen (secondary N) is 1. The van der Waals surface area contributed by atoms with Gasteiger partial charge in [-0.05, 0) is 60.4 Å². The van der Waals surface area contributed by atoms with E-state index >= 15 is 0 Å². The summed E-state index contributed by atoms with van der Waals surface area (Å²) in [5.74, 6) is -0.0300. The summed E-state index contributed by atoms with van der Waals surface area (Å²) in [6.07, 6.45) is 5.13. The highest BCUT2D eigenvalue weighted by molar-refractivity contribution is 6.37. The number of pyridine rings is 2. The molecule has 0 spiro atoms. The highest BCUT2D eigenvalue weighted by Crippen LogP contribution is 2.40. The standard InChI is InChI=1S/C25H20Cl2N4O2/c26-20-8-15(9-21(27)25(20)33)14-3-6-22-18(7-14)23(19(12-30-22)24(32)13-1-2-13)31-17-5-4-16(10-28)29-11-17/h3-9,11-13,33H,1-2,10,28H2,(H,30,31). The summed E-state index contributed by atoms with van der Waals surface area (Å²) in [5.41, 5.74) is 10.7. The first-order valence-electron chi connectivity index (χ1n) is 10.5. The molecule has 5 rings (SSSR count). The second-order valence-electron chi connectivity index (χ2n) is 8.07. The molecule has 1 fully saturated rings. The highest BCUT2D eigenvalue weighted by atomic mass is 35.5. The maximum Gasteiger partial charge on any atom is 0.169 e. The van der Waals surface area contributed by atoms with E-state index in [1.807, 2.05) is 30.3 Å². The van der Waals surface area contributed by atoms with Crippen LogP contribution in [0.15, 0.2) is 54.9 Å². The van der Waals surface area contributed by atoms with Crippen molar-refractivity contribution in [3.63, 3.8) is 0 Å². The molecular weight excluding hydrogens is 459 g/mol. The van der Waals surface area contributed by atoms with Crippen LogP contribution in [0.2, 0.25) is 10.0 Å². The fourth-order valence-electron chi connectivity index (χ4n) is 3.75. The third-order valence-electron chi connectivity index (χ3n) is 5.74. The number of aromatic hydroxyl groups is 1. The van der Waals surface area contributed by atoms with E-state index < -0.39 is 0 Å². The summed E-state index contributed by atoms with van der Waals surface area (Å²) < 4.78 is 0. The molecule has 6 nitrogen and oxygen atoms in total. The van der Waals surface area contributed by atoms with Crippen LogP contribution in [0, 0.1) is 5.92 Å². The molecule has 2 aromatic carbocycles. The molecule has 0 atom stereocenters. The van der Waals surface area contributed by atoms with Crippen LogP contribution >= 0.6 is 23.2 Å². The number of nitrogens with zero attached hydrogens (tertiary/aromatic N) is 2. The van der Waals surface area contributed by atoms with Crippen molar-refractivity contribution in [2.45, 2.75) is 19.4 Å². The number of halogens is 2. The van der Waals surface area contributed by atoms with Gasteiger partial charge in [-0.1, -0.05) is 29.3 Å². The van der Waals surface area contributed by atoms with E-state index in [4.69, 9.17) is 28.9 Å². The number of anilines is 2. The number of aromatic nitrogens is 2. The van der Waals surface area contributed by atoms with Crippen LogP contribution in [0.1, 0.15) is 28.9 Å². The van der Waals surface area contributed by atoms with E-state index in [0.717, 1.165) is 46.3 Å². The first-order chi connectivity index (χ1) is 15.9. The molecule has 33 heavy (non-hydrogen) atoms. The van der Waals surface area contributed by atoms with Gasteiger partial charge in [-0.3, -0.25) is 14.8 Å². The molecule has 4 N–H and O–H groups in total. The van der Waals surface area contributed by atoms with Gasteiger partial charge in [0.25, 0.3) is 0 Å². The third kappa shape index (κ3) is 4.25. The number of ketones is 1. The lowest BCUT2D eigenvalue weighted by Gasteiger charge is -2.15. The Bertz CT molecular complexity index is 1360. The van der Waals surface area contributed by atoms with Crippen molar-refractivity contribution in [3.8, 4) is 16.9 Å². The number of carbonyl (C=O) groups is 1. The lowest BCUT2D eigenvalue weighted by atomic mass is 9.99. The lowest BCUT2D eigenvalue weighted by molar-refractivity contribution is 0.0968. The fourth-order valence-corrected chi connectivity index (χ4v) is 4.24. The quantitative estimate of drug-likeness (QED) is 0.289. The molecule has 1 aliphatic rings. The topological polar surface area (TPSA) is 101 Å². The van der Waals surface area contributed by atoms with Gasteiger partial charge in [-0.25, -0.2) is 0 Å². The number of nitrogens with two attached hydrogens (primary N) is 1. The second-order valence-corrected chi connectivity index (χ2v) is 8.89. The van der Waals surface area contributed by atoms with E-state index in [2.05, 4.69) is 15.3 Å². The van der Waals surface area contributed by atoms with Crippen LogP contribution < -0.4 is 11.1 Å². The number of fused-ring (bicyclic) bond motifs is 1. The third-order valence-corrected chi connectivity index (χ3v) is 6.31. The molecule has 0 aliphatic heterocycles. The number of rotatable bonds is 6. The monoisotopic (exact) mass is 478 g/mol. The molecule has 0 radical (unpaired) electrons. The summed E-state index contributed by atoms with van der Waals surface area (Å²) in [4.78, 5) is 22.0. The van der Waals surface area contributed by atoms with Gasteiger partial charge in [0.15, 0.2) is 11.5 Å². The van der Waals surface area contributed by atoms with Gasteiger partial charge >= 0.3 is 0 Å². The van der Waals surface area contributed by atoms with Crippen LogP contribution in [-0.4, -0.2) is 20.9 Å². The summed E-state index contributed by atoms with van der Waals surface area (Å²) >= 11 is 12.3. The maximum absolute atomic E-state index is 13.1. The summed E-state index contributed by atoms with van der Waals surface area (Å²) in [5, 5.41) is 14.4. The van der Waals surface area contributed by atoms with Gasteiger partial charge in [0.2, 0.25) is 0 Å². The van der Waals surface area contributed by atoms with Gasteiger partial charge < -0.3 is 16.2 Å². The number of benzene rings is 2. The van der Waals surface area contributed by atoms with E-state index in [1.165, 1.54) is 0 Å². The molecule has 0 saturated heterocycles. The van der Waals surface area contributed by atoms with Crippen LogP contribution in [0.4, 0.5) is 11.4 Å². The molecule has 0 unspecified atom stereocenters. The number of hydrogen-bond donors (Lipinski definition) is 3. The van der Waals surface area contributed by atoms with E-state index in [9.17, 15) is 9.90 Å². The summed E-state index contributed by atoms with van der Waals surface area (Å²) in [6.45, 7) is 0.352. The maximum atomic E-state index is 13.1. The molecule has 4 aromatic rings. The lowest BCUT2D eigenvalue weighted by Crippen LogP contribution is -2.08. The average Bonchev–Trinajstić information content (AvgIpc) is 3.68. The fraction of sp³-hybridized carbons (Fsp3) is 0.160. The normalized spacial score (nSPS) is 13.3. The molecule has 0 amide bonds. The van der Waals surface area contributed by atoms with Crippen molar-refractivity contribution < 1.29 is 9.90 Å². The predicted octanol–water partition coefficient (Wildman–Crippen LogP) is 6.10. The molecule has 1 saturated carbocycles. The van der Waals surface area contributed by atoms with Gasteiger partial charge in [0, 0.05) is 24.0 Å². The Kier molecular flexibility index (Phi) is 5.66. The van der Waals surface area contributed by atoms with Crippen molar-refractivity contribution in [1.82, 2.24) is 9.97 Å². The van der Waals surface area contributed by atoms with Crippen molar-refractivity contribution in [3.05, 3.63) is 76.2 Å². The molecule has 8 heteroatoms. The molecule has 1 aliphatic carbocycles. The largest absolute Gasteiger partial charge is 0.505 e. The van der Waals surface area contributed by atoms with Crippen LogP contribution in [-0.2, 0) is 6.54 Å². The van der Waals surface area contributed by atoms with Crippen molar-refractivity contribution >= 4 is 51.3 Å². The Hall–Kier alpha value is -3.19. The van der Waals surface area contributed by atoms with Crippen LogP contribution in [0.25, 0.3) is 22.0 Å². The van der Waals surface area contributed by atoms with Crippen molar-refractivity contribution in [2.24, 2.45) is 11.7 Å². The minimum absolute atomic E-state index is 0.0421.